The highest BCUT2D eigenvalue weighted by molar-refractivity contribution is 7.86. The Hall–Kier alpha value is -0.870. The molecule has 1 aromatic rings. The Morgan fingerprint density at radius 2 is 1.93 bits per heavy atom. The predicted molar refractivity (Wildman–Crippen MR) is 54.6 cm³/mol. The van der Waals surface area contributed by atoms with E-state index in [1.54, 1.807) is 0 Å². The summed E-state index contributed by atoms with van der Waals surface area (Å²) >= 11 is 0. The molecule has 0 radical (unpaired) electrons. The Kier molecular flexibility index (Phi) is 1.40. The van der Waals surface area contributed by atoms with Crippen molar-refractivity contribution in [1.82, 2.24) is 0 Å². The van der Waals surface area contributed by atoms with E-state index in [1.165, 1.54) is 13.8 Å². The fourth-order valence-corrected chi connectivity index (χ4v) is 1.68. The van der Waals surface area contributed by atoms with E-state index in [1.807, 2.05) is 0 Å². The Balaban J connectivity index is 3.75. The molecule has 3 nitrogen and oxygen atoms in total. The third-order valence-electron chi connectivity index (χ3n) is 1.17. The molecule has 0 atom stereocenters. The molecule has 0 fully saturated rings. The largest absolute Gasteiger partial charge is 0.297 e. The van der Waals surface area contributed by atoms with Gasteiger partial charge in [0.2, 0.25) is 0 Å². The topological polar surface area (TPSA) is 43.4 Å². The van der Waals surface area contributed by atoms with Gasteiger partial charge >= 0.3 is 0 Å². The summed E-state index contributed by atoms with van der Waals surface area (Å²) in [5.74, 6) is 0. The van der Waals surface area contributed by atoms with Crippen molar-refractivity contribution in [2.24, 2.45) is 0 Å². The monoisotopic (exact) mass is 221 g/mol. The molecule has 78 valence electrons. The number of hydrogen-bond acceptors (Lipinski definition) is 3. The first kappa shape index (κ1) is 4.77. The first-order chi connectivity index (χ1) is 9.30. The number of rotatable bonds is 3. The van der Waals surface area contributed by atoms with Gasteiger partial charge in [-0.05, 0) is 32.8 Å². The van der Waals surface area contributed by atoms with Crippen LogP contribution < -0.4 is 0 Å². The summed E-state index contributed by atoms with van der Waals surface area (Å²) in [4.78, 5) is -0.959. The van der Waals surface area contributed by atoms with E-state index in [0.717, 1.165) is 0 Å². The minimum atomic E-state index is -4.53. The van der Waals surface area contributed by atoms with Gasteiger partial charge < -0.3 is 0 Å². The molecule has 0 bridgehead atoms. The van der Waals surface area contributed by atoms with Crippen molar-refractivity contribution in [2.45, 2.75) is 31.7 Å². The zero-order valence-corrected chi connectivity index (χ0v) is 8.53. The van der Waals surface area contributed by atoms with Crippen LogP contribution in [0.15, 0.2) is 29.1 Å². The van der Waals surface area contributed by atoms with Crippen molar-refractivity contribution < 1.29 is 22.2 Å². The van der Waals surface area contributed by atoms with E-state index < -0.39 is 57.7 Å². The van der Waals surface area contributed by atoms with Crippen LogP contribution in [0.1, 0.15) is 29.0 Å². The molecule has 0 saturated carbocycles. The molecule has 0 amide bonds. The molecule has 0 saturated heterocycles. The van der Waals surface area contributed by atoms with Crippen molar-refractivity contribution in [2.75, 3.05) is 0 Å². The van der Waals surface area contributed by atoms with E-state index in [2.05, 4.69) is 4.18 Å². The molecule has 0 aliphatic rings. The number of hydrogen-bond donors (Lipinski definition) is 0. The van der Waals surface area contributed by atoms with Crippen LogP contribution in [0.3, 0.4) is 0 Å². The quantitative estimate of drug-likeness (QED) is 0.734. The van der Waals surface area contributed by atoms with Crippen LogP contribution in [0.5, 0.6) is 0 Å². The lowest BCUT2D eigenvalue weighted by Crippen LogP contribution is -2.12. The van der Waals surface area contributed by atoms with Crippen LogP contribution in [-0.4, -0.2) is 14.5 Å². The average molecular weight is 221 g/mol. The summed E-state index contributed by atoms with van der Waals surface area (Å²) in [5.41, 5.74) is -0.819. The van der Waals surface area contributed by atoms with Gasteiger partial charge in [-0.1, -0.05) is 17.6 Å². The normalized spacial score (nSPS) is 20.1. The van der Waals surface area contributed by atoms with Crippen molar-refractivity contribution in [3.05, 3.63) is 29.7 Å². The second-order valence-electron chi connectivity index (χ2n) is 2.80. The highest BCUT2D eigenvalue weighted by Gasteiger charge is 2.16. The Labute approximate surface area is 94.7 Å². The van der Waals surface area contributed by atoms with E-state index in [4.69, 9.17) is 9.60 Å². The molecule has 0 spiro atoms. The fraction of sp³-hybridized carbons (Fsp3) is 0.400. The molecular formula is C10H14O3S. The molecule has 0 aliphatic heterocycles. The maximum Gasteiger partial charge on any atom is 0.297 e. The lowest BCUT2D eigenvalue weighted by atomic mass is 10.2. The summed E-state index contributed by atoms with van der Waals surface area (Å²) in [6.07, 6.45) is -0.764. The summed E-state index contributed by atoms with van der Waals surface area (Å²) in [6, 6.07) is -3.74. The zero-order valence-electron chi connectivity index (χ0n) is 14.7. The summed E-state index contributed by atoms with van der Waals surface area (Å²) in [7, 11) is -4.53. The molecule has 4 heteroatoms. The van der Waals surface area contributed by atoms with Gasteiger partial charge in [0, 0.05) is 4.11 Å². The van der Waals surface area contributed by atoms with Crippen LogP contribution >= 0.6 is 0 Å². The van der Waals surface area contributed by atoms with Gasteiger partial charge in [-0.25, -0.2) is 0 Å². The van der Waals surface area contributed by atoms with Gasteiger partial charge in [0.05, 0.1) is 16.5 Å². The molecule has 0 N–H and O–H groups in total. The van der Waals surface area contributed by atoms with E-state index in [0.29, 0.717) is 0 Å². The Morgan fingerprint density at radius 1 is 1.36 bits per heavy atom. The third-order valence-corrected chi connectivity index (χ3v) is 2.51. The van der Waals surface area contributed by atoms with Crippen LogP contribution in [0.2, 0.25) is 0 Å². The van der Waals surface area contributed by atoms with Crippen molar-refractivity contribution in [3.63, 3.8) is 0 Å². The molecule has 0 heterocycles. The molecule has 1 aromatic carbocycles. The molecule has 0 unspecified atom stereocenters. The molecular weight excluding hydrogens is 200 g/mol. The second-order valence-corrected chi connectivity index (χ2v) is 4.31. The summed E-state index contributed by atoms with van der Waals surface area (Å²) < 4.78 is 80.9. The summed E-state index contributed by atoms with van der Waals surface area (Å²) in [5, 5.41) is 0. The lowest BCUT2D eigenvalue weighted by molar-refractivity contribution is 0.249. The summed E-state index contributed by atoms with van der Waals surface area (Å²) in [6.45, 7) is -0.0451. The molecule has 1 rings (SSSR count). The van der Waals surface area contributed by atoms with Gasteiger partial charge in [-0.3, -0.25) is 4.18 Å². The van der Waals surface area contributed by atoms with Crippen LogP contribution in [0.25, 0.3) is 0 Å². The van der Waals surface area contributed by atoms with Gasteiger partial charge in [0.25, 0.3) is 10.1 Å². The van der Waals surface area contributed by atoms with Crippen LogP contribution in [-0.2, 0) is 14.3 Å². The average Bonchev–Trinajstić information content (AvgIpc) is 2.22. The van der Waals surface area contributed by atoms with Crippen molar-refractivity contribution in [3.8, 4) is 0 Å². The van der Waals surface area contributed by atoms with Crippen LogP contribution in [0, 0.1) is 6.85 Å². The first-order valence-electron chi connectivity index (χ1n) is 7.34. The fourth-order valence-electron chi connectivity index (χ4n) is 0.728. The zero-order chi connectivity index (χ0) is 16.7. The molecule has 14 heavy (non-hydrogen) atoms. The lowest BCUT2D eigenvalue weighted by Gasteiger charge is -2.08. The minimum Gasteiger partial charge on any atom is -0.264 e. The van der Waals surface area contributed by atoms with Gasteiger partial charge in [0.1, 0.15) is 0 Å². The van der Waals surface area contributed by atoms with Crippen molar-refractivity contribution in [1.29, 1.82) is 0 Å². The Morgan fingerprint density at radius 3 is 2.36 bits per heavy atom. The first-order valence-corrected chi connectivity index (χ1v) is 5.25. The van der Waals surface area contributed by atoms with Gasteiger partial charge in [0.15, 0.2) is 0 Å². The Bertz CT molecular complexity index is 635. The van der Waals surface area contributed by atoms with Gasteiger partial charge in [-0.15, -0.1) is 0 Å². The molecule has 0 aliphatic carbocycles. The highest BCUT2D eigenvalue weighted by Crippen LogP contribution is 2.14. The smallest absolute Gasteiger partial charge is 0.264 e. The van der Waals surface area contributed by atoms with Gasteiger partial charge in [-0.2, -0.15) is 8.42 Å². The van der Waals surface area contributed by atoms with E-state index in [-0.39, 0.29) is 0 Å². The maximum atomic E-state index is 12.0. The maximum absolute atomic E-state index is 12.0. The third kappa shape index (κ3) is 2.82. The molecule has 0 aromatic heterocycles. The number of benzene rings is 1. The highest BCUT2D eigenvalue weighted by atomic mass is 32.2. The SMILES string of the molecule is [2H]c1c([2H])c(S(=O)(=O)OC(C)C)c([2H])c([2H])c1C([2H])([2H])[2H]. The minimum absolute atomic E-state index is 0.764. The van der Waals surface area contributed by atoms with E-state index in [9.17, 15) is 8.42 Å². The predicted octanol–water partition coefficient (Wildman–Crippen LogP) is 2.11. The standard InChI is InChI=1S/C10H14O3S/c1-8(2)13-14(11,12)10-6-4-9(3)5-7-10/h4-8H,1-3H3/i3D3,4D,5D,6D,7D. The van der Waals surface area contributed by atoms with Crippen molar-refractivity contribution >= 4 is 10.1 Å². The van der Waals surface area contributed by atoms with E-state index >= 15 is 0 Å². The second kappa shape index (κ2) is 4.11. The van der Waals surface area contributed by atoms with Crippen LogP contribution in [0.4, 0.5) is 0 Å².